The maximum atomic E-state index is 12.9. The summed E-state index contributed by atoms with van der Waals surface area (Å²) >= 11 is 5.82. The van der Waals surface area contributed by atoms with E-state index in [2.05, 4.69) is 16.9 Å². The highest BCUT2D eigenvalue weighted by molar-refractivity contribution is 7.89. The Bertz CT molecular complexity index is 1160. The molecule has 1 N–H and O–H groups in total. The second kappa shape index (κ2) is 8.05. The third-order valence-electron chi connectivity index (χ3n) is 5.47. The zero-order valence-corrected chi connectivity index (χ0v) is 17.9. The van der Waals surface area contributed by atoms with Crippen LogP contribution in [0.25, 0.3) is 0 Å². The molecule has 2 aliphatic rings. The molecule has 1 aliphatic heterocycles. The highest BCUT2D eigenvalue weighted by atomic mass is 35.5. The van der Waals surface area contributed by atoms with Crippen LogP contribution in [0, 0.1) is 11.8 Å². The molecule has 1 aliphatic carbocycles. The number of amides is 1. The average Bonchev–Trinajstić information content (AvgIpc) is 3.16. The molecule has 1 saturated carbocycles. The normalized spacial score (nSPS) is 22.8. The molecule has 32 heavy (non-hydrogen) atoms. The van der Waals surface area contributed by atoms with Crippen LogP contribution in [-0.2, 0) is 21.0 Å². The first-order valence-electron chi connectivity index (χ1n) is 9.44. The molecule has 2 fully saturated rings. The van der Waals surface area contributed by atoms with Gasteiger partial charge in [0.25, 0.3) is 0 Å². The molecule has 0 spiro atoms. The van der Waals surface area contributed by atoms with Crippen molar-refractivity contribution in [1.29, 1.82) is 0 Å². The topological polar surface area (TPSA) is 88.6 Å². The van der Waals surface area contributed by atoms with Crippen LogP contribution in [0.2, 0.25) is 5.02 Å². The number of sulfonamides is 1. The van der Waals surface area contributed by atoms with Crippen LogP contribution < -0.4 is 10.1 Å². The summed E-state index contributed by atoms with van der Waals surface area (Å²) < 4.78 is 70.6. The van der Waals surface area contributed by atoms with Gasteiger partial charge in [-0.05, 0) is 48.2 Å². The molecule has 0 bridgehead atoms. The zero-order chi connectivity index (χ0) is 23.3. The van der Waals surface area contributed by atoms with Gasteiger partial charge >= 0.3 is 6.18 Å². The number of carbonyl (C=O) groups excluding carboxylic acids is 1. The van der Waals surface area contributed by atoms with Crippen molar-refractivity contribution in [3.05, 3.63) is 59.8 Å². The number of carbonyl (C=O) groups is 1. The van der Waals surface area contributed by atoms with E-state index in [4.69, 9.17) is 16.3 Å². The van der Waals surface area contributed by atoms with Crippen molar-refractivity contribution in [1.82, 2.24) is 14.6 Å². The first-order chi connectivity index (χ1) is 15.0. The summed E-state index contributed by atoms with van der Waals surface area (Å²) in [6.45, 7) is 4.00. The van der Waals surface area contributed by atoms with Gasteiger partial charge in [0, 0.05) is 25.3 Å². The summed E-state index contributed by atoms with van der Waals surface area (Å²) in [7, 11) is -3.74. The van der Waals surface area contributed by atoms with E-state index < -0.39 is 21.8 Å². The predicted octanol–water partition coefficient (Wildman–Crippen LogP) is 3.47. The van der Waals surface area contributed by atoms with Gasteiger partial charge in [-0.2, -0.15) is 17.5 Å². The number of nitrogens with one attached hydrogen (secondary N) is 1. The third-order valence-corrected chi connectivity index (χ3v) is 7.58. The SMILES string of the molecule is C=CC(=O)NC1C2CN(S(=O)(=O)c3ccc(Oc4ncc(C(F)(F)F)cc4Cl)cc3)CC21. The van der Waals surface area contributed by atoms with Crippen LogP contribution in [0.4, 0.5) is 13.2 Å². The number of rotatable bonds is 6. The highest BCUT2D eigenvalue weighted by Crippen LogP contribution is 2.47. The minimum Gasteiger partial charge on any atom is -0.438 e. The zero-order valence-electron chi connectivity index (χ0n) is 16.3. The van der Waals surface area contributed by atoms with Gasteiger partial charge in [-0.3, -0.25) is 4.79 Å². The van der Waals surface area contributed by atoms with E-state index in [0.717, 1.165) is 0 Å². The summed E-state index contributed by atoms with van der Waals surface area (Å²) in [5, 5.41) is 2.46. The second-order valence-corrected chi connectivity index (χ2v) is 9.82. The number of pyridine rings is 1. The molecule has 1 amide bonds. The van der Waals surface area contributed by atoms with Crippen molar-refractivity contribution in [3.8, 4) is 11.6 Å². The molecule has 2 atom stereocenters. The molecule has 2 aromatic rings. The monoisotopic (exact) mass is 487 g/mol. The Morgan fingerprint density at radius 2 is 1.88 bits per heavy atom. The molecular formula is C20H17ClF3N3O4S. The highest BCUT2D eigenvalue weighted by Gasteiger charge is 2.58. The average molecular weight is 488 g/mol. The summed E-state index contributed by atoms with van der Waals surface area (Å²) in [5.74, 6) is -0.206. The smallest absolute Gasteiger partial charge is 0.417 e. The van der Waals surface area contributed by atoms with Crippen molar-refractivity contribution in [3.63, 3.8) is 0 Å². The van der Waals surface area contributed by atoms with Gasteiger partial charge in [0.2, 0.25) is 21.8 Å². The molecular weight excluding hydrogens is 471 g/mol. The predicted molar refractivity (Wildman–Crippen MR) is 109 cm³/mol. The summed E-state index contributed by atoms with van der Waals surface area (Å²) in [5.41, 5.74) is -1.01. The Hall–Kier alpha value is -2.63. The summed E-state index contributed by atoms with van der Waals surface area (Å²) in [4.78, 5) is 15.0. The first kappa shape index (κ1) is 22.6. The van der Waals surface area contributed by atoms with E-state index in [-0.39, 0.29) is 45.3 Å². The number of ether oxygens (including phenoxy) is 1. The van der Waals surface area contributed by atoms with Gasteiger partial charge in [0.1, 0.15) is 10.8 Å². The third kappa shape index (κ3) is 4.32. The number of fused-ring (bicyclic) bond motifs is 1. The van der Waals surface area contributed by atoms with Crippen molar-refractivity contribution in [2.45, 2.75) is 17.1 Å². The lowest BCUT2D eigenvalue weighted by Gasteiger charge is -2.20. The van der Waals surface area contributed by atoms with E-state index in [9.17, 15) is 26.4 Å². The van der Waals surface area contributed by atoms with Crippen LogP contribution >= 0.6 is 11.6 Å². The van der Waals surface area contributed by atoms with Crippen LogP contribution in [0.1, 0.15) is 5.56 Å². The van der Waals surface area contributed by atoms with Crippen molar-refractivity contribution in [2.24, 2.45) is 11.8 Å². The number of aromatic nitrogens is 1. The molecule has 7 nitrogen and oxygen atoms in total. The molecule has 1 aromatic carbocycles. The molecule has 0 radical (unpaired) electrons. The van der Waals surface area contributed by atoms with Crippen LogP contribution in [0.15, 0.2) is 54.1 Å². The number of hydrogen-bond acceptors (Lipinski definition) is 5. The molecule has 170 valence electrons. The van der Waals surface area contributed by atoms with Gasteiger partial charge in [0.05, 0.1) is 10.5 Å². The van der Waals surface area contributed by atoms with Gasteiger partial charge < -0.3 is 10.1 Å². The Morgan fingerprint density at radius 3 is 2.41 bits per heavy atom. The van der Waals surface area contributed by atoms with Gasteiger partial charge in [-0.15, -0.1) is 0 Å². The van der Waals surface area contributed by atoms with Crippen molar-refractivity contribution in [2.75, 3.05) is 13.1 Å². The van der Waals surface area contributed by atoms with E-state index in [1.807, 2.05) is 0 Å². The second-order valence-electron chi connectivity index (χ2n) is 7.47. The number of alkyl halides is 3. The molecule has 2 heterocycles. The lowest BCUT2D eigenvalue weighted by Crippen LogP contribution is -2.36. The Labute approximate surface area is 186 Å². The molecule has 2 unspecified atom stereocenters. The van der Waals surface area contributed by atoms with E-state index in [0.29, 0.717) is 25.4 Å². The first-order valence-corrected chi connectivity index (χ1v) is 11.3. The standard InChI is InChI=1S/C20H17ClF3N3O4S/c1-2-17(28)26-18-14-9-27(10-15(14)18)32(29,30)13-5-3-12(4-6-13)31-19-16(21)7-11(8-25-19)20(22,23)24/h2-8,14-15,18H,1,9-10H2,(H,26,28). The number of halogens is 4. The maximum Gasteiger partial charge on any atom is 0.417 e. The maximum absolute atomic E-state index is 12.9. The minimum atomic E-state index is -4.58. The van der Waals surface area contributed by atoms with Crippen molar-refractivity contribution < 1.29 is 31.1 Å². The number of piperidine rings is 1. The Kier molecular flexibility index (Phi) is 5.68. The minimum absolute atomic E-state index is 0.0382. The summed E-state index contributed by atoms with van der Waals surface area (Å²) in [6.07, 6.45) is -2.80. The number of hydrogen-bond donors (Lipinski definition) is 1. The fourth-order valence-electron chi connectivity index (χ4n) is 3.72. The molecule has 12 heteroatoms. The summed E-state index contributed by atoms with van der Waals surface area (Å²) in [6, 6.07) is 6.07. The van der Waals surface area contributed by atoms with Crippen LogP contribution in [0.5, 0.6) is 11.6 Å². The van der Waals surface area contributed by atoms with Crippen LogP contribution in [-0.4, -0.2) is 42.7 Å². The van der Waals surface area contributed by atoms with E-state index in [1.54, 1.807) is 0 Å². The Balaban J connectivity index is 1.41. The van der Waals surface area contributed by atoms with Gasteiger partial charge in [-0.1, -0.05) is 18.2 Å². The lowest BCUT2D eigenvalue weighted by molar-refractivity contribution is -0.137. The number of nitrogens with zero attached hydrogens (tertiary/aromatic N) is 2. The fourth-order valence-corrected chi connectivity index (χ4v) is 5.44. The molecule has 1 aromatic heterocycles. The van der Waals surface area contributed by atoms with Gasteiger partial charge in [-0.25, -0.2) is 13.4 Å². The van der Waals surface area contributed by atoms with E-state index >= 15 is 0 Å². The van der Waals surface area contributed by atoms with E-state index in [1.165, 1.54) is 34.6 Å². The fraction of sp³-hybridized carbons (Fsp3) is 0.300. The molecule has 4 rings (SSSR count). The molecule has 1 saturated heterocycles. The largest absolute Gasteiger partial charge is 0.438 e. The number of benzene rings is 1. The van der Waals surface area contributed by atoms with Gasteiger partial charge in [0.15, 0.2) is 0 Å². The van der Waals surface area contributed by atoms with Crippen molar-refractivity contribution >= 4 is 27.5 Å². The Morgan fingerprint density at radius 1 is 1.25 bits per heavy atom. The quantitative estimate of drug-likeness (QED) is 0.630. The van der Waals surface area contributed by atoms with Crippen LogP contribution in [0.3, 0.4) is 0 Å². The lowest BCUT2D eigenvalue weighted by atomic mass is 10.3.